The Morgan fingerprint density at radius 2 is 2.11 bits per heavy atom. The van der Waals surface area contributed by atoms with Gasteiger partial charge in [0.05, 0.1) is 17.8 Å². The number of alkyl halides is 3. The molecule has 2 rings (SSSR count). The van der Waals surface area contributed by atoms with Gasteiger partial charge in [-0.05, 0) is 12.8 Å². The van der Waals surface area contributed by atoms with Gasteiger partial charge in [0.2, 0.25) is 5.91 Å². The number of rotatable bonds is 2. The topological polar surface area (TPSA) is 46.9 Å². The van der Waals surface area contributed by atoms with E-state index in [4.69, 9.17) is 0 Å². The molecule has 0 aromatic carbocycles. The molecule has 7 heteroatoms. The molecule has 1 aromatic heterocycles. The minimum Gasteiger partial charge on any atom is -0.323 e. The summed E-state index contributed by atoms with van der Waals surface area (Å²) in [5.74, 6) is -3.08. The molecule has 0 aliphatic heterocycles. The minimum atomic E-state index is -4.31. The number of nitrogens with zero attached hydrogens (tertiary/aromatic N) is 2. The van der Waals surface area contributed by atoms with Crippen LogP contribution in [0.5, 0.6) is 0 Å². The molecule has 1 fully saturated rings. The monoisotopic (exact) mass is 275 g/mol. The first-order valence-corrected chi connectivity index (χ1v) is 6.24. The Morgan fingerprint density at radius 3 is 2.68 bits per heavy atom. The van der Waals surface area contributed by atoms with Gasteiger partial charge in [0.15, 0.2) is 0 Å². The molecule has 1 N–H and O–H groups in total. The largest absolute Gasteiger partial charge is 0.392 e. The van der Waals surface area contributed by atoms with Crippen LogP contribution in [-0.4, -0.2) is 21.9 Å². The van der Waals surface area contributed by atoms with Crippen molar-refractivity contribution in [2.75, 3.05) is 5.32 Å². The molecule has 1 aliphatic rings. The Morgan fingerprint density at radius 1 is 1.42 bits per heavy atom. The molecule has 106 valence electrons. The van der Waals surface area contributed by atoms with E-state index in [9.17, 15) is 18.0 Å². The lowest BCUT2D eigenvalue weighted by Gasteiger charge is -2.31. The summed E-state index contributed by atoms with van der Waals surface area (Å²) >= 11 is 0. The van der Waals surface area contributed by atoms with E-state index in [2.05, 4.69) is 10.4 Å². The van der Waals surface area contributed by atoms with E-state index in [0.29, 0.717) is 18.5 Å². The van der Waals surface area contributed by atoms with Gasteiger partial charge in [-0.15, -0.1) is 0 Å². The highest BCUT2D eigenvalue weighted by Crippen LogP contribution is 2.41. The Labute approximate surface area is 109 Å². The van der Waals surface area contributed by atoms with E-state index in [0.717, 1.165) is 0 Å². The third-order valence-corrected chi connectivity index (χ3v) is 3.50. The Hall–Kier alpha value is -1.53. The highest BCUT2D eigenvalue weighted by Gasteiger charge is 2.48. The van der Waals surface area contributed by atoms with Crippen LogP contribution in [-0.2, 0) is 11.8 Å². The van der Waals surface area contributed by atoms with Crippen LogP contribution < -0.4 is 5.32 Å². The van der Waals surface area contributed by atoms with Gasteiger partial charge in [0, 0.05) is 19.2 Å². The smallest absolute Gasteiger partial charge is 0.323 e. The maximum absolute atomic E-state index is 12.9. The number of hydrogen-bond acceptors (Lipinski definition) is 2. The first-order valence-electron chi connectivity index (χ1n) is 6.24. The number of carbonyl (C=O) groups is 1. The molecule has 0 radical (unpaired) electrons. The third-order valence-electron chi connectivity index (χ3n) is 3.50. The summed E-state index contributed by atoms with van der Waals surface area (Å²) in [6.45, 7) is 0. The van der Waals surface area contributed by atoms with Gasteiger partial charge in [-0.1, -0.05) is 12.8 Å². The number of aromatic nitrogens is 2. The second-order valence-electron chi connectivity index (χ2n) is 4.93. The molecule has 1 aliphatic carbocycles. The van der Waals surface area contributed by atoms with E-state index in [1.807, 2.05) is 0 Å². The van der Waals surface area contributed by atoms with Crippen molar-refractivity contribution in [2.45, 2.75) is 31.9 Å². The maximum atomic E-state index is 12.9. The van der Waals surface area contributed by atoms with Crippen LogP contribution in [0.4, 0.5) is 18.9 Å². The number of nitrogens with one attached hydrogen (secondary N) is 1. The summed E-state index contributed by atoms with van der Waals surface area (Å²) in [5, 5.41) is 6.37. The number of anilines is 1. The van der Waals surface area contributed by atoms with Crippen molar-refractivity contribution >= 4 is 11.6 Å². The van der Waals surface area contributed by atoms with Crippen LogP contribution >= 0.6 is 0 Å². The Balaban J connectivity index is 2.07. The molecule has 1 aromatic rings. The van der Waals surface area contributed by atoms with Gasteiger partial charge >= 0.3 is 6.18 Å². The van der Waals surface area contributed by atoms with Gasteiger partial charge in [-0.3, -0.25) is 9.48 Å². The lowest BCUT2D eigenvalue weighted by molar-refractivity contribution is -0.197. The summed E-state index contributed by atoms with van der Waals surface area (Å²) in [4.78, 5) is 12.0. The normalized spacial score (nSPS) is 24.2. The van der Waals surface area contributed by atoms with Crippen LogP contribution in [0.2, 0.25) is 0 Å². The van der Waals surface area contributed by atoms with Gasteiger partial charge < -0.3 is 5.32 Å². The van der Waals surface area contributed by atoms with Gasteiger partial charge in [-0.2, -0.15) is 18.3 Å². The highest BCUT2D eigenvalue weighted by atomic mass is 19.4. The average Bonchev–Trinajstić information content (AvgIpc) is 2.73. The molecule has 19 heavy (non-hydrogen) atoms. The zero-order chi connectivity index (χ0) is 14.0. The average molecular weight is 275 g/mol. The molecule has 0 spiro atoms. The zero-order valence-electron chi connectivity index (χ0n) is 10.6. The SMILES string of the molecule is Cn1cc(NC(=O)C2CCCCC2C(F)(F)F)cn1. The number of halogens is 3. The molecule has 4 nitrogen and oxygen atoms in total. The second-order valence-corrected chi connectivity index (χ2v) is 4.93. The summed E-state index contributed by atoms with van der Waals surface area (Å²) in [7, 11) is 1.68. The van der Waals surface area contributed by atoms with E-state index in [-0.39, 0.29) is 12.8 Å². The van der Waals surface area contributed by atoms with Crippen molar-refractivity contribution in [1.82, 2.24) is 9.78 Å². The Kier molecular flexibility index (Phi) is 3.82. The number of carbonyl (C=O) groups excluding carboxylic acids is 1. The lowest BCUT2D eigenvalue weighted by atomic mass is 9.78. The van der Waals surface area contributed by atoms with Crippen LogP contribution in [0.25, 0.3) is 0 Å². The van der Waals surface area contributed by atoms with E-state index in [1.54, 1.807) is 13.2 Å². The Bertz CT molecular complexity index is 455. The summed E-state index contributed by atoms with van der Waals surface area (Å²) in [6.07, 6.45) is 0.188. The fourth-order valence-electron chi connectivity index (χ4n) is 2.56. The predicted octanol–water partition coefficient (Wildman–Crippen LogP) is 2.73. The zero-order valence-corrected chi connectivity index (χ0v) is 10.6. The van der Waals surface area contributed by atoms with E-state index < -0.39 is 23.9 Å². The predicted molar refractivity (Wildman–Crippen MR) is 63.3 cm³/mol. The first-order chi connectivity index (χ1) is 8.88. The molecule has 1 heterocycles. The quantitative estimate of drug-likeness (QED) is 0.902. The fourth-order valence-corrected chi connectivity index (χ4v) is 2.56. The van der Waals surface area contributed by atoms with E-state index >= 15 is 0 Å². The van der Waals surface area contributed by atoms with Crippen LogP contribution in [0, 0.1) is 11.8 Å². The van der Waals surface area contributed by atoms with Crippen molar-refractivity contribution in [2.24, 2.45) is 18.9 Å². The molecule has 2 unspecified atom stereocenters. The summed E-state index contributed by atoms with van der Waals surface area (Å²) in [6, 6.07) is 0. The lowest BCUT2D eigenvalue weighted by Crippen LogP contribution is -2.39. The van der Waals surface area contributed by atoms with Crippen molar-refractivity contribution in [1.29, 1.82) is 0 Å². The number of amides is 1. The molecular formula is C12H16F3N3O. The summed E-state index contributed by atoms with van der Waals surface area (Å²) < 4.78 is 40.2. The molecule has 0 saturated heterocycles. The second kappa shape index (κ2) is 5.22. The minimum absolute atomic E-state index is 0.0363. The van der Waals surface area contributed by atoms with Crippen LogP contribution in [0.1, 0.15) is 25.7 Å². The van der Waals surface area contributed by atoms with Crippen molar-refractivity contribution in [3.63, 3.8) is 0 Å². The first kappa shape index (κ1) is 13.9. The van der Waals surface area contributed by atoms with Gasteiger partial charge in [0.1, 0.15) is 0 Å². The summed E-state index contributed by atoms with van der Waals surface area (Å²) in [5.41, 5.74) is 0.430. The number of hydrogen-bond donors (Lipinski definition) is 1. The third kappa shape index (κ3) is 3.27. The van der Waals surface area contributed by atoms with Crippen molar-refractivity contribution in [3.8, 4) is 0 Å². The fraction of sp³-hybridized carbons (Fsp3) is 0.667. The van der Waals surface area contributed by atoms with Crippen molar-refractivity contribution in [3.05, 3.63) is 12.4 Å². The molecule has 0 bridgehead atoms. The standard InChI is InChI=1S/C12H16F3N3O/c1-18-7-8(6-16-18)17-11(19)9-4-2-3-5-10(9)12(13,14)15/h6-7,9-10H,2-5H2,1H3,(H,17,19). The van der Waals surface area contributed by atoms with Crippen LogP contribution in [0.3, 0.4) is 0 Å². The highest BCUT2D eigenvalue weighted by molar-refractivity contribution is 5.92. The molecular weight excluding hydrogens is 259 g/mol. The molecule has 2 atom stereocenters. The molecule has 1 amide bonds. The molecule has 1 saturated carbocycles. The van der Waals surface area contributed by atoms with E-state index in [1.165, 1.54) is 10.9 Å². The van der Waals surface area contributed by atoms with Gasteiger partial charge in [-0.25, -0.2) is 0 Å². The van der Waals surface area contributed by atoms with Gasteiger partial charge in [0.25, 0.3) is 0 Å². The number of aryl methyl sites for hydroxylation is 1. The maximum Gasteiger partial charge on any atom is 0.392 e. The van der Waals surface area contributed by atoms with Crippen molar-refractivity contribution < 1.29 is 18.0 Å². The van der Waals surface area contributed by atoms with Crippen LogP contribution in [0.15, 0.2) is 12.4 Å².